The van der Waals surface area contributed by atoms with E-state index in [9.17, 15) is 9.90 Å². The minimum Gasteiger partial charge on any atom is -0.472 e. The fraction of sp³-hybridized carbons (Fsp3) is 0.312. The number of aryl methyl sites for hydroxylation is 2. The number of benzene rings is 1. The molecule has 1 aromatic carbocycles. The summed E-state index contributed by atoms with van der Waals surface area (Å²) in [6.07, 6.45) is 2.87. The van der Waals surface area contributed by atoms with Crippen LogP contribution in [0.3, 0.4) is 0 Å². The van der Waals surface area contributed by atoms with Gasteiger partial charge in [0.15, 0.2) is 0 Å². The van der Waals surface area contributed by atoms with E-state index in [1.165, 1.54) is 12.5 Å². The molecule has 0 saturated heterocycles. The Kier molecular flexibility index (Phi) is 4.58. The highest BCUT2D eigenvalue weighted by Gasteiger charge is 2.10. The molecular formula is C16H19NO3. The Labute approximate surface area is 118 Å². The summed E-state index contributed by atoms with van der Waals surface area (Å²) in [6.45, 7) is 4.41. The predicted molar refractivity (Wildman–Crippen MR) is 76.5 cm³/mol. The van der Waals surface area contributed by atoms with Crippen molar-refractivity contribution in [1.29, 1.82) is 0 Å². The fourth-order valence-electron chi connectivity index (χ4n) is 1.94. The third-order valence-corrected chi connectivity index (χ3v) is 3.40. The van der Waals surface area contributed by atoms with E-state index in [2.05, 4.69) is 5.32 Å². The predicted octanol–water partition coefficient (Wildman–Crippen LogP) is 2.75. The van der Waals surface area contributed by atoms with E-state index in [0.29, 0.717) is 18.5 Å². The van der Waals surface area contributed by atoms with Crippen LogP contribution in [0.25, 0.3) is 0 Å². The van der Waals surface area contributed by atoms with Crippen LogP contribution in [0.1, 0.15) is 39.6 Å². The number of carbonyl (C=O) groups is 1. The summed E-state index contributed by atoms with van der Waals surface area (Å²) in [5, 5.41) is 12.7. The molecule has 0 saturated carbocycles. The van der Waals surface area contributed by atoms with Crippen molar-refractivity contribution in [2.24, 2.45) is 0 Å². The molecule has 1 unspecified atom stereocenters. The SMILES string of the molecule is Cc1ccc(C(=O)NCCC(O)c2ccoc2)cc1C. The van der Waals surface area contributed by atoms with Gasteiger partial charge in [0.25, 0.3) is 5.91 Å². The zero-order valence-electron chi connectivity index (χ0n) is 11.7. The lowest BCUT2D eigenvalue weighted by molar-refractivity contribution is 0.0942. The second-order valence-corrected chi connectivity index (χ2v) is 4.92. The molecule has 106 valence electrons. The highest BCUT2D eigenvalue weighted by molar-refractivity contribution is 5.94. The van der Waals surface area contributed by atoms with Gasteiger partial charge in [0, 0.05) is 17.7 Å². The van der Waals surface area contributed by atoms with Gasteiger partial charge >= 0.3 is 0 Å². The first kappa shape index (κ1) is 14.3. The Balaban J connectivity index is 1.84. The number of aliphatic hydroxyl groups excluding tert-OH is 1. The standard InChI is InChI=1S/C16H19NO3/c1-11-3-4-13(9-12(11)2)16(19)17-7-5-15(18)14-6-8-20-10-14/h3-4,6,8-10,15,18H,5,7H2,1-2H3,(H,17,19). The van der Waals surface area contributed by atoms with Crippen molar-refractivity contribution in [1.82, 2.24) is 5.32 Å². The number of carbonyl (C=O) groups excluding carboxylic acids is 1. The zero-order valence-corrected chi connectivity index (χ0v) is 11.7. The maximum atomic E-state index is 12.0. The zero-order chi connectivity index (χ0) is 14.5. The first-order valence-electron chi connectivity index (χ1n) is 6.63. The summed E-state index contributed by atoms with van der Waals surface area (Å²) in [6, 6.07) is 7.34. The van der Waals surface area contributed by atoms with Crippen molar-refractivity contribution >= 4 is 5.91 Å². The fourth-order valence-corrected chi connectivity index (χ4v) is 1.94. The van der Waals surface area contributed by atoms with Gasteiger partial charge in [0.1, 0.15) is 0 Å². The van der Waals surface area contributed by atoms with Gasteiger partial charge < -0.3 is 14.8 Å². The molecule has 0 aliphatic rings. The Morgan fingerprint density at radius 1 is 1.30 bits per heavy atom. The van der Waals surface area contributed by atoms with Gasteiger partial charge in [-0.2, -0.15) is 0 Å². The summed E-state index contributed by atoms with van der Waals surface area (Å²) in [7, 11) is 0. The number of hydrogen-bond acceptors (Lipinski definition) is 3. The number of nitrogens with one attached hydrogen (secondary N) is 1. The number of amides is 1. The number of furan rings is 1. The maximum Gasteiger partial charge on any atom is 0.251 e. The van der Waals surface area contributed by atoms with Gasteiger partial charge in [-0.05, 0) is 49.6 Å². The Hall–Kier alpha value is -2.07. The van der Waals surface area contributed by atoms with E-state index in [4.69, 9.17) is 4.42 Å². The monoisotopic (exact) mass is 273 g/mol. The van der Waals surface area contributed by atoms with Crippen molar-refractivity contribution in [3.05, 3.63) is 59.0 Å². The van der Waals surface area contributed by atoms with Crippen LogP contribution < -0.4 is 5.32 Å². The molecule has 0 aliphatic carbocycles. The lowest BCUT2D eigenvalue weighted by Gasteiger charge is -2.10. The van der Waals surface area contributed by atoms with Crippen LogP contribution in [-0.4, -0.2) is 17.6 Å². The molecule has 1 atom stereocenters. The lowest BCUT2D eigenvalue weighted by atomic mass is 10.1. The van der Waals surface area contributed by atoms with Gasteiger partial charge in [0.05, 0.1) is 18.6 Å². The van der Waals surface area contributed by atoms with Gasteiger partial charge in [-0.3, -0.25) is 4.79 Å². The molecule has 1 heterocycles. The molecule has 0 spiro atoms. The van der Waals surface area contributed by atoms with E-state index < -0.39 is 6.10 Å². The molecule has 0 aliphatic heterocycles. The second kappa shape index (κ2) is 6.39. The number of hydrogen-bond donors (Lipinski definition) is 2. The van der Waals surface area contributed by atoms with Crippen LogP contribution >= 0.6 is 0 Å². The lowest BCUT2D eigenvalue weighted by Crippen LogP contribution is -2.25. The van der Waals surface area contributed by atoms with Crippen LogP contribution in [-0.2, 0) is 0 Å². The Morgan fingerprint density at radius 2 is 2.10 bits per heavy atom. The van der Waals surface area contributed by atoms with Gasteiger partial charge in [0.2, 0.25) is 0 Å². The van der Waals surface area contributed by atoms with E-state index >= 15 is 0 Å². The van der Waals surface area contributed by atoms with E-state index in [1.807, 2.05) is 32.0 Å². The highest BCUT2D eigenvalue weighted by atomic mass is 16.3. The molecule has 2 rings (SSSR count). The van der Waals surface area contributed by atoms with Gasteiger partial charge in [-0.25, -0.2) is 0 Å². The molecule has 0 fully saturated rings. The summed E-state index contributed by atoms with van der Waals surface area (Å²) in [5.74, 6) is -0.118. The molecule has 0 radical (unpaired) electrons. The molecule has 1 aromatic heterocycles. The minimum atomic E-state index is -0.617. The van der Waals surface area contributed by atoms with Crippen LogP contribution in [0.15, 0.2) is 41.2 Å². The van der Waals surface area contributed by atoms with Crippen molar-refractivity contribution in [3.63, 3.8) is 0 Å². The molecule has 4 heteroatoms. The third kappa shape index (κ3) is 3.48. The molecule has 2 aromatic rings. The summed E-state index contributed by atoms with van der Waals surface area (Å²) in [4.78, 5) is 12.0. The van der Waals surface area contributed by atoms with E-state index in [0.717, 1.165) is 16.7 Å². The van der Waals surface area contributed by atoms with Gasteiger partial charge in [-0.15, -0.1) is 0 Å². The topological polar surface area (TPSA) is 62.5 Å². The largest absolute Gasteiger partial charge is 0.472 e. The Morgan fingerprint density at radius 3 is 2.75 bits per heavy atom. The Bertz CT molecular complexity index is 575. The molecular weight excluding hydrogens is 254 g/mol. The molecule has 2 N–H and O–H groups in total. The van der Waals surface area contributed by atoms with Crippen molar-refractivity contribution in [2.75, 3.05) is 6.54 Å². The van der Waals surface area contributed by atoms with Crippen LogP contribution in [0.4, 0.5) is 0 Å². The van der Waals surface area contributed by atoms with Crippen LogP contribution in [0.5, 0.6) is 0 Å². The summed E-state index contributed by atoms with van der Waals surface area (Å²) < 4.78 is 4.91. The van der Waals surface area contributed by atoms with Crippen molar-refractivity contribution < 1.29 is 14.3 Å². The smallest absolute Gasteiger partial charge is 0.251 e. The molecule has 4 nitrogen and oxygen atoms in total. The normalized spacial score (nSPS) is 12.2. The van der Waals surface area contributed by atoms with Gasteiger partial charge in [-0.1, -0.05) is 6.07 Å². The molecule has 20 heavy (non-hydrogen) atoms. The average molecular weight is 273 g/mol. The molecule has 0 bridgehead atoms. The van der Waals surface area contributed by atoms with Crippen molar-refractivity contribution in [3.8, 4) is 0 Å². The summed E-state index contributed by atoms with van der Waals surface area (Å²) >= 11 is 0. The minimum absolute atomic E-state index is 0.118. The first-order chi connectivity index (χ1) is 9.58. The maximum absolute atomic E-state index is 12.0. The quantitative estimate of drug-likeness (QED) is 0.880. The van der Waals surface area contributed by atoms with Crippen LogP contribution in [0, 0.1) is 13.8 Å². The number of aliphatic hydroxyl groups is 1. The summed E-state index contributed by atoms with van der Waals surface area (Å²) in [5.41, 5.74) is 3.63. The van der Waals surface area contributed by atoms with Crippen LogP contribution in [0.2, 0.25) is 0 Å². The van der Waals surface area contributed by atoms with E-state index in [-0.39, 0.29) is 5.91 Å². The second-order valence-electron chi connectivity index (χ2n) is 4.92. The highest BCUT2D eigenvalue weighted by Crippen LogP contribution is 2.16. The average Bonchev–Trinajstić information content (AvgIpc) is 2.95. The third-order valence-electron chi connectivity index (χ3n) is 3.40. The number of rotatable bonds is 5. The molecule has 1 amide bonds. The first-order valence-corrected chi connectivity index (χ1v) is 6.63. The van der Waals surface area contributed by atoms with Crippen molar-refractivity contribution in [2.45, 2.75) is 26.4 Å². The van der Waals surface area contributed by atoms with E-state index in [1.54, 1.807) is 6.07 Å².